The molecule has 0 bridgehead atoms. The lowest BCUT2D eigenvalue weighted by Crippen LogP contribution is -2.32. The van der Waals surface area contributed by atoms with E-state index in [2.05, 4.69) is 4.74 Å². The number of hydrogen-bond donors (Lipinski definition) is 0. The first-order chi connectivity index (χ1) is 6.91. The third-order valence-corrected chi connectivity index (χ3v) is 1.50. The number of carbonyl (C=O) groups excluding carboxylic acids is 2. The predicted molar refractivity (Wildman–Crippen MR) is 53.4 cm³/mol. The van der Waals surface area contributed by atoms with Gasteiger partial charge < -0.3 is 14.2 Å². The van der Waals surface area contributed by atoms with Gasteiger partial charge in [0.1, 0.15) is 5.60 Å². The molecule has 88 valence electrons. The van der Waals surface area contributed by atoms with Gasteiger partial charge in [-0.3, -0.25) is 4.79 Å². The highest BCUT2D eigenvalue weighted by Crippen LogP contribution is 2.16. The van der Waals surface area contributed by atoms with E-state index in [1.54, 1.807) is 27.7 Å². The Labute approximate surface area is 89.7 Å². The Balaban J connectivity index is 4.05. The van der Waals surface area contributed by atoms with Crippen LogP contribution in [0.25, 0.3) is 0 Å². The van der Waals surface area contributed by atoms with Crippen molar-refractivity contribution >= 4 is 12.1 Å². The molecule has 0 atom stereocenters. The molecule has 0 rings (SSSR count). The molecule has 0 unspecified atom stereocenters. The van der Waals surface area contributed by atoms with E-state index in [0.717, 1.165) is 0 Å². The van der Waals surface area contributed by atoms with Gasteiger partial charge in [-0.15, -0.1) is 0 Å². The lowest BCUT2D eigenvalue weighted by molar-refractivity contribution is -0.148. The molecule has 0 radical (unpaired) electrons. The summed E-state index contributed by atoms with van der Waals surface area (Å²) in [5.41, 5.74) is -0.904. The number of esters is 1. The molecule has 5 heteroatoms. The smallest absolute Gasteiger partial charge is 0.466 e. The minimum atomic E-state index is -0.904. The fraction of sp³-hybridized carbons (Fsp3) is 0.800. The first-order valence-corrected chi connectivity index (χ1v) is 4.92. The summed E-state index contributed by atoms with van der Waals surface area (Å²) in [5.74, 6) is -0.396. The van der Waals surface area contributed by atoms with Crippen LogP contribution >= 0.6 is 0 Å². The lowest BCUT2D eigenvalue weighted by Gasteiger charge is -2.23. The Morgan fingerprint density at radius 1 is 1.07 bits per heavy atom. The largest absolute Gasteiger partial charge is 0.508 e. The summed E-state index contributed by atoms with van der Waals surface area (Å²) in [6, 6.07) is 0. The summed E-state index contributed by atoms with van der Waals surface area (Å²) in [6.07, 6.45) is -0.758. The molecule has 0 amide bonds. The zero-order chi connectivity index (χ0) is 11.9. The van der Waals surface area contributed by atoms with E-state index >= 15 is 0 Å². The van der Waals surface area contributed by atoms with Gasteiger partial charge in [0.2, 0.25) is 0 Å². The van der Waals surface area contributed by atoms with Crippen molar-refractivity contribution < 1.29 is 23.8 Å². The van der Waals surface area contributed by atoms with Gasteiger partial charge in [-0.2, -0.15) is 0 Å². The van der Waals surface area contributed by atoms with Crippen molar-refractivity contribution in [3.05, 3.63) is 0 Å². The van der Waals surface area contributed by atoms with E-state index in [1.165, 1.54) is 0 Å². The van der Waals surface area contributed by atoms with Crippen molar-refractivity contribution in [2.24, 2.45) is 0 Å². The molecule has 5 nitrogen and oxygen atoms in total. The topological polar surface area (TPSA) is 61.8 Å². The first kappa shape index (κ1) is 13.7. The van der Waals surface area contributed by atoms with Crippen LogP contribution in [0.5, 0.6) is 0 Å². The van der Waals surface area contributed by atoms with Gasteiger partial charge in [0.25, 0.3) is 0 Å². The molecule has 0 aromatic carbocycles. The Bertz CT molecular complexity index is 200. The van der Waals surface area contributed by atoms with Gasteiger partial charge in [-0.25, -0.2) is 4.79 Å². The standard InChI is InChI=1S/C10H18O5/c1-5-13-8(11)7-10(3,4)15-9(12)14-6-2/h5-7H2,1-4H3. The number of ether oxygens (including phenoxy) is 3. The van der Waals surface area contributed by atoms with Crippen molar-refractivity contribution in [2.75, 3.05) is 13.2 Å². The number of carbonyl (C=O) groups is 2. The monoisotopic (exact) mass is 218 g/mol. The second kappa shape index (κ2) is 6.27. The molecule has 15 heavy (non-hydrogen) atoms. The average molecular weight is 218 g/mol. The zero-order valence-corrected chi connectivity index (χ0v) is 9.66. The zero-order valence-electron chi connectivity index (χ0n) is 9.66. The van der Waals surface area contributed by atoms with Crippen molar-refractivity contribution in [3.8, 4) is 0 Å². The summed E-state index contributed by atoms with van der Waals surface area (Å²) < 4.78 is 14.3. The SMILES string of the molecule is CCOC(=O)CC(C)(C)OC(=O)OCC. The Hall–Kier alpha value is -1.26. The molecule has 0 spiro atoms. The maximum absolute atomic E-state index is 11.1. The van der Waals surface area contributed by atoms with Crippen molar-refractivity contribution in [2.45, 2.75) is 39.7 Å². The summed E-state index contributed by atoms with van der Waals surface area (Å²) >= 11 is 0. The predicted octanol–water partition coefficient (Wildman–Crippen LogP) is 1.89. The fourth-order valence-corrected chi connectivity index (χ4v) is 0.969. The van der Waals surface area contributed by atoms with E-state index in [4.69, 9.17) is 9.47 Å². The first-order valence-electron chi connectivity index (χ1n) is 4.92. The van der Waals surface area contributed by atoms with E-state index in [-0.39, 0.29) is 13.0 Å². The number of rotatable bonds is 5. The average Bonchev–Trinajstić information content (AvgIpc) is 2.01. The molecule has 0 saturated carbocycles. The highest BCUT2D eigenvalue weighted by Gasteiger charge is 2.27. The summed E-state index contributed by atoms with van der Waals surface area (Å²) in [5, 5.41) is 0. The molecule has 0 aliphatic heterocycles. The van der Waals surface area contributed by atoms with Gasteiger partial charge in [-0.1, -0.05) is 0 Å². The van der Waals surface area contributed by atoms with Crippen molar-refractivity contribution in [1.29, 1.82) is 0 Å². The van der Waals surface area contributed by atoms with Crippen LogP contribution in [-0.4, -0.2) is 30.9 Å². The molecular formula is C10H18O5. The van der Waals surface area contributed by atoms with E-state index in [0.29, 0.717) is 6.61 Å². The highest BCUT2D eigenvalue weighted by molar-refractivity contribution is 5.71. The third kappa shape index (κ3) is 6.76. The minimum absolute atomic E-state index is 0.0135. The van der Waals surface area contributed by atoms with Crippen LogP contribution < -0.4 is 0 Å². The summed E-state index contributed by atoms with van der Waals surface area (Å²) in [4.78, 5) is 22.1. The Morgan fingerprint density at radius 2 is 1.60 bits per heavy atom. The molecule has 0 aromatic heterocycles. The number of hydrogen-bond acceptors (Lipinski definition) is 5. The van der Waals surface area contributed by atoms with Gasteiger partial charge in [0.05, 0.1) is 19.6 Å². The highest BCUT2D eigenvalue weighted by atomic mass is 16.7. The Morgan fingerprint density at radius 3 is 2.07 bits per heavy atom. The van der Waals surface area contributed by atoms with Crippen molar-refractivity contribution in [3.63, 3.8) is 0 Å². The molecule has 0 aliphatic rings. The Kier molecular flexibility index (Phi) is 5.74. The van der Waals surface area contributed by atoms with Gasteiger partial charge in [0.15, 0.2) is 0 Å². The summed E-state index contributed by atoms with van der Waals surface area (Å²) in [7, 11) is 0. The molecule has 0 saturated heterocycles. The normalized spacial score (nSPS) is 10.7. The molecule has 0 heterocycles. The molecule has 0 fully saturated rings. The fourth-order valence-electron chi connectivity index (χ4n) is 0.969. The van der Waals surface area contributed by atoms with Crippen LogP contribution in [0, 0.1) is 0 Å². The quantitative estimate of drug-likeness (QED) is 0.659. The van der Waals surface area contributed by atoms with Crippen LogP contribution in [0.4, 0.5) is 4.79 Å². The maximum atomic E-state index is 11.1. The molecule has 0 aromatic rings. The van der Waals surface area contributed by atoms with E-state index in [1.807, 2.05) is 0 Å². The van der Waals surface area contributed by atoms with Crippen LogP contribution in [0.3, 0.4) is 0 Å². The van der Waals surface area contributed by atoms with E-state index in [9.17, 15) is 9.59 Å². The van der Waals surface area contributed by atoms with Gasteiger partial charge in [-0.05, 0) is 27.7 Å². The molecule has 0 aliphatic carbocycles. The molecular weight excluding hydrogens is 200 g/mol. The van der Waals surface area contributed by atoms with Gasteiger partial charge >= 0.3 is 12.1 Å². The van der Waals surface area contributed by atoms with E-state index < -0.39 is 17.7 Å². The second-order valence-corrected chi connectivity index (χ2v) is 3.53. The maximum Gasteiger partial charge on any atom is 0.508 e. The van der Waals surface area contributed by atoms with Crippen LogP contribution in [-0.2, 0) is 19.0 Å². The van der Waals surface area contributed by atoms with Crippen LogP contribution in [0.2, 0.25) is 0 Å². The molecule has 0 N–H and O–H groups in total. The minimum Gasteiger partial charge on any atom is -0.466 e. The van der Waals surface area contributed by atoms with Gasteiger partial charge in [0, 0.05) is 0 Å². The van der Waals surface area contributed by atoms with Crippen LogP contribution in [0.1, 0.15) is 34.1 Å². The third-order valence-electron chi connectivity index (χ3n) is 1.50. The second-order valence-electron chi connectivity index (χ2n) is 3.53. The van der Waals surface area contributed by atoms with Crippen LogP contribution in [0.15, 0.2) is 0 Å². The lowest BCUT2D eigenvalue weighted by atomic mass is 10.1. The summed E-state index contributed by atoms with van der Waals surface area (Å²) in [6.45, 7) is 7.21. The van der Waals surface area contributed by atoms with Crippen molar-refractivity contribution in [1.82, 2.24) is 0 Å².